The van der Waals surface area contributed by atoms with Gasteiger partial charge in [0.25, 0.3) is 0 Å². The highest BCUT2D eigenvalue weighted by atomic mass is 31.2. The number of para-hydroxylation sites is 2. The van der Waals surface area contributed by atoms with Gasteiger partial charge in [-0.25, -0.2) is 4.57 Å². The van der Waals surface area contributed by atoms with Crippen molar-refractivity contribution in [3.8, 4) is 11.5 Å². The van der Waals surface area contributed by atoms with Gasteiger partial charge in [0.1, 0.15) is 31.3 Å². The fourth-order valence-electron chi connectivity index (χ4n) is 2.53. The third-order valence-corrected chi connectivity index (χ3v) is 5.33. The number of ether oxygens (including phenoxy) is 2. The molecule has 2 aromatic carbocycles. The Hall–Kier alpha value is -1.89. The fraction of sp³-hybridized carbons (Fsp3) is 0.455. The van der Waals surface area contributed by atoms with E-state index in [1.54, 1.807) is 0 Å². The molecule has 0 saturated carbocycles. The summed E-state index contributed by atoms with van der Waals surface area (Å²) >= 11 is 0. The van der Waals surface area contributed by atoms with Crippen LogP contribution in [0.1, 0.15) is 11.1 Å². The van der Waals surface area contributed by atoms with Crippen LogP contribution in [0, 0.1) is 13.8 Å². The third-order valence-electron chi connectivity index (χ3n) is 4.35. The summed E-state index contributed by atoms with van der Waals surface area (Å²) in [4.78, 5) is 10.0. The van der Waals surface area contributed by atoms with Gasteiger partial charge in [0.05, 0.1) is 27.7 Å². The van der Waals surface area contributed by atoms with Gasteiger partial charge in [-0.1, -0.05) is 36.4 Å². The summed E-state index contributed by atoms with van der Waals surface area (Å²) in [6, 6.07) is 15.2. The van der Waals surface area contributed by atoms with Gasteiger partial charge in [-0.2, -0.15) is 0 Å². The lowest BCUT2D eigenvalue weighted by atomic mass is 10.2. The molecular weight excluding hydrogens is 405 g/mol. The third kappa shape index (κ3) is 8.86. The van der Waals surface area contributed by atoms with Crippen LogP contribution in [-0.2, 0) is 13.6 Å². The van der Waals surface area contributed by atoms with E-state index < -0.39 is 13.9 Å². The van der Waals surface area contributed by atoms with Gasteiger partial charge >= 0.3 is 7.82 Å². The number of phosphoric acid groups is 1. The smallest absolute Gasteiger partial charge is 0.472 e. The van der Waals surface area contributed by atoms with Gasteiger partial charge in [-0.05, 0) is 37.1 Å². The SMILES string of the molecule is Cc1ccccc1OC[C@H](COP(=O)(O)OCC[N+](C)(C)C)Oc1ccccc1C. The van der Waals surface area contributed by atoms with Gasteiger partial charge in [-0.3, -0.25) is 9.05 Å². The van der Waals surface area contributed by atoms with E-state index >= 15 is 0 Å². The molecule has 0 radical (unpaired) electrons. The minimum atomic E-state index is -4.20. The average Bonchev–Trinajstić information content (AvgIpc) is 2.65. The molecule has 2 aromatic rings. The topological polar surface area (TPSA) is 74.2 Å². The molecule has 0 aromatic heterocycles. The Bertz CT molecular complexity index is 852. The van der Waals surface area contributed by atoms with Gasteiger partial charge < -0.3 is 18.9 Å². The number of quaternary nitrogens is 1. The number of nitrogens with zero attached hydrogens (tertiary/aromatic N) is 1. The lowest BCUT2D eigenvalue weighted by Gasteiger charge is -2.25. The number of benzene rings is 2. The van der Waals surface area contributed by atoms with Gasteiger partial charge in [0.15, 0.2) is 6.10 Å². The highest BCUT2D eigenvalue weighted by molar-refractivity contribution is 7.47. The second kappa shape index (κ2) is 10.9. The van der Waals surface area contributed by atoms with Crippen LogP contribution in [0.25, 0.3) is 0 Å². The van der Waals surface area contributed by atoms with Crippen molar-refractivity contribution in [3.05, 3.63) is 59.7 Å². The second-order valence-corrected chi connectivity index (χ2v) is 9.65. The number of hydrogen-bond donors (Lipinski definition) is 1. The summed E-state index contributed by atoms with van der Waals surface area (Å²) in [5.41, 5.74) is 1.94. The molecule has 0 fully saturated rings. The molecule has 0 saturated heterocycles. The molecule has 0 aliphatic carbocycles. The maximum atomic E-state index is 12.3. The van der Waals surface area contributed by atoms with Crippen molar-refractivity contribution in [3.63, 3.8) is 0 Å². The standard InChI is InChI=1S/C22H32NO6P/c1-18-10-6-8-12-21(18)26-16-20(29-22-13-9-7-11-19(22)2)17-28-30(24,25)27-15-14-23(3,4)5/h6-13,20H,14-17H2,1-5H3/p+1/t20-/m1/s1. The van der Waals surface area contributed by atoms with Crippen LogP contribution in [0.5, 0.6) is 11.5 Å². The van der Waals surface area contributed by atoms with E-state index in [2.05, 4.69) is 0 Å². The number of rotatable bonds is 12. The number of likely N-dealkylation sites (N-methyl/N-ethyl adjacent to an activating group) is 1. The first kappa shape index (κ1) is 24.4. The van der Waals surface area contributed by atoms with Gasteiger partial charge in [0.2, 0.25) is 0 Å². The lowest BCUT2D eigenvalue weighted by molar-refractivity contribution is -0.870. The van der Waals surface area contributed by atoms with E-state index in [1.165, 1.54) is 0 Å². The zero-order chi connectivity index (χ0) is 22.2. The molecule has 0 aliphatic heterocycles. The first-order chi connectivity index (χ1) is 14.1. The predicted molar refractivity (Wildman–Crippen MR) is 117 cm³/mol. The van der Waals surface area contributed by atoms with Gasteiger partial charge in [-0.15, -0.1) is 0 Å². The Morgan fingerprint density at radius 1 is 0.900 bits per heavy atom. The van der Waals surface area contributed by atoms with Crippen LogP contribution in [0.15, 0.2) is 48.5 Å². The molecule has 166 valence electrons. The highest BCUT2D eigenvalue weighted by Gasteiger charge is 2.26. The molecule has 30 heavy (non-hydrogen) atoms. The Balaban J connectivity index is 2.00. The minimum Gasteiger partial charge on any atom is -0.489 e. The maximum Gasteiger partial charge on any atom is 0.472 e. The summed E-state index contributed by atoms with van der Waals surface area (Å²) < 4.78 is 35.1. The van der Waals surface area contributed by atoms with Crippen LogP contribution in [0.4, 0.5) is 0 Å². The zero-order valence-corrected chi connectivity index (χ0v) is 19.3. The summed E-state index contributed by atoms with van der Waals surface area (Å²) in [6.45, 7) is 4.57. The van der Waals surface area contributed by atoms with Crippen LogP contribution in [0.3, 0.4) is 0 Å². The summed E-state index contributed by atoms with van der Waals surface area (Å²) in [6.07, 6.45) is -0.604. The van der Waals surface area contributed by atoms with Crippen molar-refractivity contribution >= 4 is 7.82 Å². The second-order valence-electron chi connectivity index (χ2n) is 8.19. The predicted octanol–water partition coefficient (Wildman–Crippen LogP) is 3.97. The van der Waals surface area contributed by atoms with Crippen molar-refractivity contribution in [2.75, 3.05) is 47.5 Å². The van der Waals surface area contributed by atoms with E-state index in [0.717, 1.165) is 16.9 Å². The van der Waals surface area contributed by atoms with E-state index in [1.807, 2.05) is 83.5 Å². The molecule has 0 aliphatic rings. The zero-order valence-electron chi connectivity index (χ0n) is 18.4. The number of hydrogen-bond acceptors (Lipinski definition) is 5. The molecule has 0 spiro atoms. The van der Waals surface area contributed by atoms with Crippen LogP contribution in [0.2, 0.25) is 0 Å². The summed E-state index contributed by atoms with van der Waals surface area (Å²) in [5.74, 6) is 1.39. The lowest BCUT2D eigenvalue weighted by Crippen LogP contribution is -2.37. The molecule has 1 N–H and O–H groups in total. The molecule has 0 bridgehead atoms. The normalized spacial score (nSPS) is 14.7. The summed E-state index contributed by atoms with van der Waals surface area (Å²) in [5, 5.41) is 0. The molecule has 0 amide bonds. The quantitative estimate of drug-likeness (QED) is 0.399. The largest absolute Gasteiger partial charge is 0.489 e. The van der Waals surface area contributed by atoms with Gasteiger partial charge in [0, 0.05) is 0 Å². The molecule has 8 heteroatoms. The van der Waals surface area contributed by atoms with E-state index in [-0.39, 0.29) is 19.8 Å². The van der Waals surface area contributed by atoms with Crippen LogP contribution >= 0.6 is 7.82 Å². The first-order valence-electron chi connectivity index (χ1n) is 9.89. The van der Waals surface area contributed by atoms with E-state index in [0.29, 0.717) is 16.8 Å². The van der Waals surface area contributed by atoms with Crippen molar-refractivity contribution in [2.24, 2.45) is 0 Å². The fourth-order valence-corrected chi connectivity index (χ4v) is 3.27. The van der Waals surface area contributed by atoms with Crippen molar-refractivity contribution in [1.29, 1.82) is 0 Å². The molecular formula is C22H33NO6P+. The van der Waals surface area contributed by atoms with Crippen molar-refractivity contribution < 1.29 is 32.5 Å². The Kier molecular flexibility index (Phi) is 8.89. The molecule has 2 atom stereocenters. The maximum absolute atomic E-state index is 12.3. The van der Waals surface area contributed by atoms with Crippen molar-refractivity contribution in [2.45, 2.75) is 20.0 Å². The average molecular weight is 438 g/mol. The Labute approximate surface area is 179 Å². The molecule has 1 unspecified atom stereocenters. The number of phosphoric ester groups is 1. The van der Waals surface area contributed by atoms with Crippen LogP contribution < -0.4 is 9.47 Å². The minimum absolute atomic E-state index is 0.111. The van der Waals surface area contributed by atoms with E-state index in [9.17, 15) is 9.46 Å². The Morgan fingerprint density at radius 2 is 1.47 bits per heavy atom. The number of aryl methyl sites for hydroxylation is 2. The molecule has 0 heterocycles. The summed E-state index contributed by atoms with van der Waals surface area (Å²) in [7, 11) is 1.72. The first-order valence-corrected chi connectivity index (χ1v) is 11.4. The van der Waals surface area contributed by atoms with Crippen LogP contribution in [-0.4, -0.2) is 63.0 Å². The Morgan fingerprint density at radius 3 is 2.03 bits per heavy atom. The highest BCUT2D eigenvalue weighted by Crippen LogP contribution is 2.43. The monoisotopic (exact) mass is 438 g/mol. The van der Waals surface area contributed by atoms with Crippen molar-refractivity contribution in [1.82, 2.24) is 0 Å². The molecule has 7 nitrogen and oxygen atoms in total. The van der Waals surface area contributed by atoms with E-state index in [4.69, 9.17) is 18.5 Å². The molecule has 2 rings (SSSR count).